The maximum Gasteiger partial charge on any atom is 0.240 e. The van der Waals surface area contributed by atoms with Gasteiger partial charge in [0, 0.05) is 22.0 Å². The minimum Gasteiger partial charge on any atom is -0.331 e. The highest BCUT2D eigenvalue weighted by atomic mass is 35.5. The zero-order valence-corrected chi connectivity index (χ0v) is 15.8. The van der Waals surface area contributed by atoms with Crippen LogP contribution in [0.15, 0.2) is 53.4 Å². The molecule has 0 unspecified atom stereocenters. The number of hydrazine groups is 1. The highest BCUT2D eigenvalue weighted by molar-refractivity contribution is 8.01. The Morgan fingerprint density at radius 1 is 1.19 bits per heavy atom. The summed E-state index contributed by atoms with van der Waals surface area (Å²) in [4.78, 5) is 25.2. The SMILES string of the molecule is O=C(C[C@@H]1Sc2ccccc2NC1=O)NNC(=S)Nc1cccc(Cl)c1. The predicted molar refractivity (Wildman–Crippen MR) is 108 cm³/mol. The van der Waals surface area contributed by atoms with Crippen molar-refractivity contribution in [3.05, 3.63) is 53.6 Å². The Bertz CT molecular complexity index is 862. The molecule has 0 aromatic heterocycles. The van der Waals surface area contributed by atoms with Gasteiger partial charge in [-0.2, -0.15) is 0 Å². The molecule has 1 heterocycles. The van der Waals surface area contributed by atoms with Gasteiger partial charge in [0.25, 0.3) is 0 Å². The molecule has 26 heavy (non-hydrogen) atoms. The summed E-state index contributed by atoms with van der Waals surface area (Å²) in [5.74, 6) is -0.532. The van der Waals surface area contributed by atoms with Crippen LogP contribution in [0.1, 0.15) is 6.42 Å². The molecule has 6 nitrogen and oxygen atoms in total. The molecule has 4 N–H and O–H groups in total. The van der Waals surface area contributed by atoms with E-state index < -0.39 is 5.25 Å². The molecular weight excluding hydrogens is 392 g/mol. The number of para-hydroxylation sites is 1. The second-order valence-corrected chi connectivity index (χ2v) is 7.52. The zero-order valence-electron chi connectivity index (χ0n) is 13.4. The van der Waals surface area contributed by atoms with Gasteiger partial charge in [0.1, 0.15) is 0 Å². The van der Waals surface area contributed by atoms with Crippen molar-refractivity contribution in [1.29, 1.82) is 0 Å². The van der Waals surface area contributed by atoms with Crippen molar-refractivity contribution in [2.75, 3.05) is 10.6 Å². The van der Waals surface area contributed by atoms with Crippen LogP contribution in [0.4, 0.5) is 11.4 Å². The number of fused-ring (bicyclic) bond motifs is 1. The zero-order chi connectivity index (χ0) is 18.5. The number of hydrogen-bond donors (Lipinski definition) is 4. The third-order valence-corrected chi connectivity index (χ3v) is 5.19. The number of hydrogen-bond acceptors (Lipinski definition) is 4. The average molecular weight is 407 g/mol. The third-order valence-electron chi connectivity index (χ3n) is 3.48. The van der Waals surface area contributed by atoms with Crippen LogP contribution in [0.2, 0.25) is 5.02 Å². The molecule has 1 aliphatic heterocycles. The first-order valence-electron chi connectivity index (χ1n) is 7.69. The summed E-state index contributed by atoms with van der Waals surface area (Å²) in [7, 11) is 0. The molecule has 0 aliphatic carbocycles. The minimum atomic E-state index is -0.499. The van der Waals surface area contributed by atoms with Crippen molar-refractivity contribution in [1.82, 2.24) is 10.9 Å². The van der Waals surface area contributed by atoms with Gasteiger partial charge in [-0.25, -0.2) is 0 Å². The summed E-state index contributed by atoms with van der Waals surface area (Å²) in [5.41, 5.74) is 6.57. The Hall–Kier alpha value is -2.29. The Morgan fingerprint density at radius 2 is 2.00 bits per heavy atom. The topological polar surface area (TPSA) is 82.3 Å². The van der Waals surface area contributed by atoms with E-state index in [0.29, 0.717) is 10.7 Å². The number of carbonyl (C=O) groups excluding carboxylic acids is 2. The third kappa shape index (κ3) is 4.87. The molecule has 0 fully saturated rings. The number of benzene rings is 2. The molecule has 9 heteroatoms. The van der Waals surface area contributed by atoms with Gasteiger partial charge in [0.2, 0.25) is 11.8 Å². The van der Waals surface area contributed by atoms with Gasteiger partial charge in [0.15, 0.2) is 5.11 Å². The molecule has 134 valence electrons. The molecule has 0 saturated carbocycles. The summed E-state index contributed by atoms with van der Waals surface area (Å²) in [6.07, 6.45) is 0.0254. The van der Waals surface area contributed by atoms with Gasteiger partial charge in [-0.1, -0.05) is 29.8 Å². The van der Waals surface area contributed by atoms with E-state index in [4.69, 9.17) is 23.8 Å². The van der Waals surface area contributed by atoms with Gasteiger partial charge < -0.3 is 10.6 Å². The van der Waals surface area contributed by atoms with Crippen molar-refractivity contribution >= 4 is 63.9 Å². The van der Waals surface area contributed by atoms with E-state index in [1.54, 1.807) is 24.3 Å². The Kier molecular flexibility index (Phi) is 5.97. The van der Waals surface area contributed by atoms with E-state index in [1.165, 1.54) is 11.8 Å². The fraction of sp³-hybridized carbons (Fsp3) is 0.118. The van der Waals surface area contributed by atoms with Gasteiger partial charge in [-0.3, -0.25) is 20.4 Å². The Labute approximate surface area is 165 Å². The maximum atomic E-state index is 12.1. The number of nitrogens with one attached hydrogen (secondary N) is 4. The van der Waals surface area contributed by atoms with E-state index in [2.05, 4.69) is 21.5 Å². The average Bonchev–Trinajstić information content (AvgIpc) is 2.61. The molecule has 1 atom stereocenters. The normalized spacial score (nSPS) is 15.4. The van der Waals surface area contributed by atoms with Crippen LogP contribution in [-0.2, 0) is 9.59 Å². The standard InChI is InChI=1S/C17H15ClN4O2S2/c18-10-4-3-5-11(8-10)19-17(25)22-21-15(23)9-14-16(24)20-12-6-1-2-7-13(12)26-14/h1-8,14H,9H2,(H,20,24)(H,21,23)(H2,19,22,25)/t14-/m0/s1. The van der Waals surface area contributed by atoms with Crippen LogP contribution in [0.3, 0.4) is 0 Å². The number of amides is 2. The van der Waals surface area contributed by atoms with Crippen molar-refractivity contribution in [2.24, 2.45) is 0 Å². The first-order chi connectivity index (χ1) is 12.5. The molecule has 2 aromatic carbocycles. The van der Waals surface area contributed by atoms with Crippen molar-refractivity contribution < 1.29 is 9.59 Å². The van der Waals surface area contributed by atoms with E-state index in [9.17, 15) is 9.59 Å². The number of thioether (sulfide) groups is 1. The molecular formula is C17H15ClN4O2S2. The van der Waals surface area contributed by atoms with E-state index in [-0.39, 0.29) is 23.3 Å². The molecule has 1 aliphatic rings. The fourth-order valence-corrected chi connectivity index (χ4v) is 3.77. The van der Waals surface area contributed by atoms with Gasteiger partial charge in [-0.05, 0) is 42.5 Å². The van der Waals surface area contributed by atoms with Gasteiger partial charge in [-0.15, -0.1) is 11.8 Å². The van der Waals surface area contributed by atoms with Crippen LogP contribution in [0, 0.1) is 0 Å². The molecule has 0 spiro atoms. The van der Waals surface area contributed by atoms with Crippen LogP contribution in [0.25, 0.3) is 0 Å². The summed E-state index contributed by atoms with van der Waals surface area (Å²) in [5, 5.41) is 5.99. The monoisotopic (exact) mass is 406 g/mol. The molecule has 0 radical (unpaired) electrons. The molecule has 3 rings (SSSR count). The van der Waals surface area contributed by atoms with Crippen molar-refractivity contribution in [3.8, 4) is 0 Å². The maximum absolute atomic E-state index is 12.1. The van der Waals surface area contributed by atoms with Gasteiger partial charge in [0.05, 0.1) is 10.9 Å². The van der Waals surface area contributed by atoms with Crippen molar-refractivity contribution in [2.45, 2.75) is 16.6 Å². The van der Waals surface area contributed by atoms with E-state index in [1.807, 2.05) is 24.3 Å². The second kappa shape index (κ2) is 8.39. The lowest BCUT2D eigenvalue weighted by Crippen LogP contribution is -2.45. The molecule has 2 aromatic rings. The highest BCUT2D eigenvalue weighted by Crippen LogP contribution is 2.36. The number of rotatable bonds is 3. The number of anilines is 2. The second-order valence-electron chi connectivity index (χ2n) is 5.43. The lowest BCUT2D eigenvalue weighted by atomic mass is 10.2. The van der Waals surface area contributed by atoms with Crippen LogP contribution < -0.4 is 21.5 Å². The number of halogens is 1. The number of thiocarbonyl (C=S) groups is 1. The summed E-state index contributed by atoms with van der Waals surface area (Å²) >= 11 is 12.4. The minimum absolute atomic E-state index is 0.0254. The quantitative estimate of drug-likeness (QED) is 0.463. The Morgan fingerprint density at radius 3 is 2.81 bits per heavy atom. The molecule has 2 amide bonds. The van der Waals surface area contributed by atoms with E-state index >= 15 is 0 Å². The lowest BCUT2D eigenvalue weighted by molar-refractivity contribution is -0.124. The largest absolute Gasteiger partial charge is 0.331 e. The van der Waals surface area contributed by atoms with Gasteiger partial charge >= 0.3 is 0 Å². The molecule has 0 bridgehead atoms. The first-order valence-corrected chi connectivity index (χ1v) is 9.36. The smallest absolute Gasteiger partial charge is 0.240 e. The molecule has 0 saturated heterocycles. The first kappa shape index (κ1) is 18.5. The summed E-state index contributed by atoms with van der Waals surface area (Å²) < 4.78 is 0. The predicted octanol–water partition coefficient (Wildman–Crippen LogP) is 3.16. The fourth-order valence-electron chi connectivity index (χ4n) is 2.30. The number of carbonyl (C=O) groups is 2. The van der Waals surface area contributed by atoms with Crippen molar-refractivity contribution in [3.63, 3.8) is 0 Å². The lowest BCUT2D eigenvalue weighted by Gasteiger charge is -2.23. The Balaban J connectivity index is 1.48. The summed E-state index contributed by atoms with van der Waals surface area (Å²) in [6.45, 7) is 0. The van der Waals surface area contributed by atoms with Crippen LogP contribution >= 0.6 is 35.6 Å². The summed E-state index contributed by atoms with van der Waals surface area (Å²) in [6, 6.07) is 14.5. The van der Waals surface area contributed by atoms with E-state index in [0.717, 1.165) is 10.6 Å². The van der Waals surface area contributed by atoms with Crippen LogP contribution in [0.5, 0.6) is 0 Å². The highest BCUT2D eigenvalue weighted by Gasteiger charge is 2.28. The van der Waals surface area contributed by atoms with Crippen LogP contribution in [-0.4, -0.2) is 22.2 Å².